The van der Waals surface area contributed by atoms with Gasteiger partial charge in [0.1, 0.15) is 17.7 Å². The summed E-state index contributed by atoms with van der Waals surface area (Å²) in [5.41, 5.74) is 1.14. The SMILES string of the molecule is CCCCCNC(=O)C(c1cccc(C)c1)N(C(=O)C(CCSC)NC(=O)OC(C)(C)C)C1CC1C. The summed E-state index contributed by atoms with van der Waals surface area (Å²) in [4.78, 5) is 42.1. The average Bonchev–Trinajstić information content (AvgIpc) is 3.51. The van der Waals surface area contributed by atoms with Crippen molar-refractivity contribution in [1.29, 1.82) is 0 Å². The van der Waals surface area contributed by atoms with Crippen molar-refractivity contribution in [2.24, 2.45) is 5.92 Å². The van der Waals surface area contributed by atoms with Crippen LogP contribution in [0.2, 0.25) is 0 Å². The molecule has 0 aromatic heterocycles. The highest BCUT2D eigenvalue weighted by molar-refractivity contribution is 7.98. The van der Waals surface area contributed by atoms with E-state index in [0.717, 1.165) is 36.8 Å². The van der Waals surface area contributed by atoms with Crippen molar-refractivity contribution in [3.63, 3.8) is 0 Å². The number of hydrogen-bond donors (Lipinski definition) is 2. The summed E-state index contributed by atoms with van der Waals surface area (Å²) in [5, 5.41) is 5.88. The van der Waals surface area contributed by atoms with Crippen molar-refractivity contribution < 1.29 is 19.1 Å². The molecular formula is C28H45N3O4S. The topological polar surface area (TPSA) is 87.7 Å². The molecule has 202 valence electrons. The maximum absolute atomic E-state index is 14.1. The van der Waals surface area contributed by atoms with Crippen LogP contribution in [-0.2, 0) is 14.3 Å². The molecule has 1 aliphatic carbocycles. The molecule has 0 spiro atoms. The number of benzene rings is 1. The molecule has 2 N–H and O–H groups in total. The number of rotatable bonds is 13. The average molecular weight is 520 g/mol. The van der Waals surface area contributed by atoms with E-state index in [9.17, 15) is 14.4 Å². The summed E-state index contributed by atoms with van der Waals surface area (Å²) >= 11 is 1.61. The lowest BCUT2D eigenvalue weighted by molar-refractivity contribution is -0.143. The zero-order valence-corrected chi connectivity index (χ0v) is 23.9. The third kappa shape index (κ3) is 9.34. The van der Waals surface area contributed by atoms with E-state index in [0.29, 0.717) is 18.7 Å². The van der Waals surface area contributed by atoms with Crippen LogP contribution in [0.1, 0.15) is 83.9 Å². The smallest absolute Gasteiger partial charge is 0.408 e. The van der Waals surface area contributed by atoms with E-state index in [4.69, 9.17) is 4.74 Å². The van der Waals surface area contributed by atoms with Crippen molar-refractivity contribution in [3.8, 4) is 0 Å². The van der Waals surface area contributed by atoms with E-state index in [2.05, 4.69) is 24.5 Å². The van der Waals surface area contributed by atoms with Crippen LogP contribution < -0.4 is 10.6 Å². The molecule has 1 fully saturated rings. The van der Waals surface area contributed by atoms with Gasteiger partial charge in [0, 0.05) is 12.6 Å². The first-order valence-electron chi connectivity index (χ1n) is 13.1. The number of ether oxygens (including phenoxy) is 1. The maximum Gasteiger partial charge on any atom is 0.408 e. The zero-order chi connectivity index (χ0) is 26.9. The molecule has 0 aliphatic heterocycles. The Hall–Kier alpha value is -2.22. The molecular weight excluding hydrogens is 474 g/mol. The molecule has 7 nitrogen and oxygen atoms in total. The summed E-state index contributed by atoms with van der Waals surface area (Å²) in [7, 11) is 0. The van der Waals surface area contributed by atoms with Gasteiger partial charge >= 0.3 is 6.09 Å². The van der Waals surface area contributed by atoms with E-state index in [1.807, 2.05) is 37.4 Å². The minimum absolute atomic E-state index is 0.0541. The first-order chi connectivity index (χ1) is 17.0. The second-order valence-corrected chi connectivity index (χ2v) is 11.8. The maximum atomic E-state index is 14.1. The van der Waals surface area contributed by atoms with Crippen LogP contribution in [0.15, 0.2) is 24.3 Å². The first kappa shape index (κ1) is 30.0. The van der Waals surface area contributed by atoms with Crippen molar-refractivity contribution in [1.82, 2.24) is 15.5 Å². The molecule has 4 atom stereocenters. The molecule has 0 radical (unpaired) electrons. The fraction of sp³-hybridized carbons (Fsp3) is 0.679. The number of nitrogens with one attached hydrogen (secondary N) is 2. The van der Waals surface area contributed by atoms with Crippen molar-refractivity contribution in [2.75, 3.05) is 18.6 Å². The molecule has 1 aliphatic rings. The number of aryl methyl sites for hydroxylation is 1. The Bertz CT molecular complexity index is 886. The molecule has 8 heteroatoms. The van der Waals surface area contributed by atoms with Gasteiger partial charge in [-0.3, -0.25) is 9.59 Å². The Morgan fingerprint density at radius 3 is 2.47 bits per heavy atom. The predicted molar refractivity (Wildman–Crippen MR) is 147 cm³/mol. The standard InChI is InChI=1S/C28H45N3O4S/c1-8-9-10-15-29-25(32)24(21-13-11-12-19(2)17-21)31(23-18-20(23)3)26(33)22(14-16-36-7)30-27(34)35-28(4,5)6/h11-13,17,20,22-24H,8-10,14-16,18H2,1-7H3,(H,29,32)(H,30,34). The Balaban J connectivity index is 2.41. The van der Waals surface area contributed by atoms with E-state index in [1.165, 1.54) is 0 Å². The van der Waals surface area contributed by atoms with E-state index < -0.39 is 23.8 Å². The van der Waals surface area contributed by atoms with Gasteiger partial charge in [0.2, 0.25) is 11.8 Å². The number of thioether (sulfide) groups is 1. The van der Waals surface area contributed by atoms with E-state index >= 15 is 0 Å². The quantitative estimate of drug-likeness (QED) is 0.349. The Labute approximate surface area is 221 Å². The van der Waals surface area contributed by atoms with Gasteiger partial charge in [-0.15, -0.1) is 0 Å². The summed E-state index contributed by atoms with van der Waals surface area (Å²) in [5.74, 6) is 0.569. The van der Waals surface area contributed by atoms with Crippen LogP contribution in [0.4, 0.5) is 4.79 Å². The van der Waals surface area contributed by atoms with Gasteiger partial charge in [0.15, 0.2) is 0 Å². The minimum Gasteiger partial charge on any atom is -0.444 e. The Morgan fingerprint density at radius 1 is 1.22 bits per heavy atom. The van der Waals surface area contributed by atoms with E-state index in [1.54, 1.807) is 37.4 Å². The summed E-state index contributed by atoms with van der Waals surface area (Å²) in [6.07, 6.45) is 5.63. The first-order valence-corrected chi connectivity index (χ1v) is 14.5. The van der Waals surface area contributed by atoms with Crippen LogP contribution in [0.5, 0.6) is 0 Å². The van der Waals surface area contributed by atoms with Crippen molar-refractivity contribution >= 4 is 29.7 Å². The van der Waals surface area contributed by atoms with Gasteiger partial charge in [-0.1, -0.05) is 56.5 Å². The summed E-state index contributed by atoms with van der Waals surface area (Å²) in [6.45, 7) is 12.1. The molecule has 0 saturated heterocycles. The van der Waals surface area contributed by atoms with Gasteiger partial charge in [-0.2, -0.15) is 11.8 Å². The highest BCUT2D eigenvalue weighted by Gasteiger charge is 2.48. The second-order valence-electron chi connectivity index (χ2n) is 10.8. The third-order valence-corrected chi connectivity index (χ3v) is 6.89. The van der Waals surface area contributed by atoms with Crippen LogP contribution in [-0.4, -0.2) is 59.0 Å². The summed E-state index contributed by atoms with van der Waals surface area (Å²) < 4.78 is 5.45. The van der Waals surface area contributed by atoms with Crippen LogP contribution in [0, 0.1) is 12.8 Å². The second kappa shape index (κ2) is 13.9. The van der Waals surface area contributed by atoms with Gasteiger partial charge in [0.05, 0.1) is 0 Å². The van der Waals surface area contributed by atoms with Crippen LogP contribution in [0.25, 0.3) is 0 Å². The molecule has 4 unspecified atom stereocenters. The highest BCUT2D eigenvalue weighted by Crippen LogP contribution is 2.41. The van der Waals surface area contributed by atoms with Crippen LogP contribution in [0.3, 0.4) is 0 Å². The van der Waals surface area contributed by atoms with Gasteiger partial charge in [-0.25, -0.2) is 4.79 Å². The molecule has 3 amide bonds. The Morgan fingerprint density at radius 2 is 1.92 bits per heavy atom. The number of amides is 3. The van der Waals surface area contributed by atoms with Gasteiger partial charge in [0.25, 0.3) is 0 Å². The van der Waals surface area contributed by atoms with Gasteiger partial charge in [-0.05, 0) is 70.4 Å². The van der Waals surface area contributed by atoms with Gasteiger partial charge < -0.3 is 20.3 Å². The molecule has 1 aromatic carbocycles. The largest absolute Gasteiger partial charge is 0.444 e. The molecule has 0 bridgehead atoms. The monoisotopic (exact) mass is 519 g/mol. The molecule has 1 saturated carbocycles. The fourth-order valence-corrected chi connectivity index (χ4v) is 4.73. The number of nitrogens with zero attached hydrogens (tertiary/aromatic N) is 1. The normalized spacial score (nSPS) is 18.6. The zero-order valence-electron chi connectivity index (χ0n) is 23.1. The highest BCUT2D eigenvalue weighted by atomic mass is 32.2. The molecule has 2 rings (SSSR count). The fourth-order valence-electron chi connectivity index (χ4n) is 4.26. The van der Waals surface area contributed by atoms with Crippen LogP contribution >= 0.6 is 11.8 Å². The number of alkyl carbamates (subject to hydrolysis) is 1. The Kier molecular flexibility index (Phi) is 11.6. The lowest BCUT2D eigenvalue weighted by Gasteiger charge is -2.35. The number of unbranched alkanes of at least 4 members (excludes halogenated alkanes) is 2. The molecule has 1 aromatic rings. The van der Waals surface area contributed by atoms with Crippen molar-refractivity contribution in [3.05, 3.63) is 35.4 Å². The summed E-state index contributed by atoms with van der Waals surface area (Å²) in [6, 6.07) is 6.20. The number of carbonyl (C=O) groups excluding carboxylic acids is 3. The third-order valence-electron chi connectivity index (χ3n) is 6.24. The predicted octanol–water partition coefficient (Wildman–Crippen LogP) is 5.23. The molecule has 36 heavy (non-hydrogen) atoms. The van der Waals surface area contributed by atoms with Crippen molar-refractivity contribution in [2.45, 2.75) is 97.4 Å². The van der Waals surface area contributed by atoms with E-state index in [-0.39, 0.29) is 23.8 Å². The lowest BCUT2D eigenvalue weighted by atomic mass is 10.00. The molecule has 0 heterocycles. The minimum atomic E-state index is -0.777. The number of carbonyl (C=O) groups is 3. The lowest BCUT2D eigenvalue weighted by Crippen LogP contribution is -2.54. The number of hydrogen-bond acceptors (Lipinski definition) is 5.